The highest BCUT2D eigenvalue weighted by atomic mass is 16.5. The zero-order chi connectivity index (χ0) is 13.0. The van der Waals surface area contributed by atoms with E-state index in [4.69, 9.17) is 10.00 Å². The molecule has 18 heavy (non-hydrogen) atoms. The third-order valence-corrected chi connectivity index (χ3v) is 2.73. The minimum atomic E-state index is 0.546. The molecule has 0 saturated carbocycles. The van der Waals surface area contributed by atoms with E-state index in [1.54, 1.807) is 25.6 Å². The lowest BCUT2D eigenvalue weighted by Crippen LogP contribution is -2.04. The smallest absolute Gasteiger partial charge is 0.143 e. The molecule has 0 radical (unpaired) electrons. The summed E-state index contributed by atoms with van der Waals surface area (Å²) in [4.78, 5) is 7.21. The number of hydrogen-bond acceptors (Lipinski definition) is 4. The lowest BCUT2D eigenvalue weighted by atomic mass is 10.1. The fourth-order valence-corrected chi connectivity index (χ4v) is 1.71. The van der Waals surface area contributed by atoms with Crippen molar-refractivity contribution in [3.63, 3.8) is 0 Å². The number of aromatic amines is 1. The van der Waals surface area contributed by atoms with Gasteiger partial charge in [-0.1, -0.05) is 6.07 Å². The van der Waals surface area contributed by atoms with Gasteiger partial charge in [-0.3, -0.25) is 0 Å². The number of rotatable bonds is 4. The quantitative estimate of drug-likeness (QED) is 0.862. The number of benzene rings is 1. The maximum Gasteiger partial charge on any atom is 0.143 e. The summed E-state index contributed by atoms with van der Waals surface area (Å²) in [5.74, 6) is 0.655. The highest BCUT2D eigenvalue weighted by Gasteiger charge is 2.09. The van der Waals surface area contributed by atoms with Crippen molar-refractivity contribution in [2.45, 2.75) is 13.5 Å². The van der Waals surface area contributed by atoms with E-state index in [2.05, 4.69) is 21.4 Å². The second kappa shape index (κ2) is 5.23. The van der Waals surface area contributed by atoms with Crippen molar-refractivity contribution in [3.8, 4) is 11.8 Å². The largest absolute Gasteiger partial charge is 0.495 e. The van der Waals surface area contributed by atoms with Gasteiger partial charge in [-0.15, -0.1) is 0 Å². The molecule has 0 spiro atoms. The fraction of sp³-hybridized carbons (Fsp3) is 0.231. The third kappa shape index (κ3) is 2.28. The number of imidazole rings is 1. The van der Waals surface area contributed by atoms with Crippen LogP contribution in [0.25, 0.3) is 0 Å². The number of aryl methyl sites for hydroxylation is 1. The molecule has 0 saturated heterocycles. The van der Waals surface area contributed by atoms with Crippen LogP contribution in [0.1, 0.15) is 17.0 Å². The van der Waals surface area contributed by atoms with E-state index in [9.17, 15) is 0 Å². The monoisotopic (exact) mass is 242 g/mol. The second-order valence-electron chi connectivity index (χ2n) is 3.82. The highest BCUT2D eigenvalue weighted by molar-refractivity contribution is 5.66. The first-order chi connectivity index (χ1) is 8.76. The molecule has 0 aliphatic carbocycles. The molecule has 1 aromatic heterocycles. The number of aromatic nitrogens is 2. The maximum atomic E-state index is 9.08. The standard InChI is InChI=1S/C13H14N4O/c1-9-11(17-8-16-9)7-15-13-10(6-14)4-3-5-12(13)18-2/h3-5,8,15H,7H2,1-2H3,(H,16,17). The summed E-state index contributed by atoms with van der Waals surface area (Å²) >= 11 is 0. The molecule has 0 atom stereocenters. The van der Waals surface area contributed by atoms with Crippen molar-refractivity contribution in [1.82, 2.24) is 9.97 Å². The van der Waals surface area contributed by atoms with Gasteiger partial charge in [-0.2, -0.15) is 5.26 Å². The number of hydrogen-bond donors (Lipinski definition) is 2. The van der Waals surface area contributed by atoms with Gasteiger partial charge in [0.1, 0.15) is 11.8 Å². The number of ether oxygens (including phenoxy) is 1. The zero-order valence-electron chi connectivity index (χ0n) is 10.3. The topological polar surface area (TPSA) is 73.7 Å². The number of anilines is 1. The van der Waals surface area contributed by atoms with Gasteiger partial charge in [0.25, 0.3) is 0 Å². The predicted octanol–water partition coefficient (Wildman–Crippen LogP) is 2.21. The van der Waals surface area contributed by atoms with Crippen LogP contribution in [0.15, 0.2) is 24.5 Å². The van der Waals surface area contributed by atoms with Gasteiger partial charge in [0.15, 0.2) is 0 Å². The molecule has 1 heterocycles. The summed E-state index contributed by atoms with van der Waals surface area (Å²) in [5, 5.41) is 12.3. The minimum absolute atomic E-state index is 0.546. The summed E-state index contributed by atoms with van der Waals surface area (Å²) in [7, 11) is 1.58. The van der Waals surface area contributed by atoms with Crippen LogP contribution in [0.3, 0.4) is 0 Å². The Labute approximate surface area is 105 Å². The average molecular weight is 242 g/mol. The van der Waals surface area contributed by atoms with Crippen molar-refractivity contribution in [2.24, 2.45) is 0 Å². The van der Waals surface area contributed by atoms with Crippen LogP contribution in [-0.2, 0) is 6.54 Å². The normalized spacial score (nSPS) is 9.83. The Morgan fingerprint density at radius 1 is 1.50 bits per heavy atom. The van der Waals surface area contributed by atoms with E-state index in [1.807, 2.05) is 13.0 Å². The summed E-state index contributed by atoms with van der Waals surface area (Å²) < 4.78 is 5.25. The Morgan fingerprint density at radius 2 is 2.33 bits per heavy atom. The van der Waals surface area contributed by atoms with Crippen LogP contribution >= 0.6 is 0 Å². The van der Waals surface area contributed by atoms with E-state index in [1.165, 1.54) is 0 Å². The van der Waals surface area contributed by atoms with Gasteiger partial charge in [0.05, 0.1) is 36.9 Å². The van der Waals surface area contributed by atoms with Crippen molar-refractivity contribution in [1.29, 1.82) is 5.26 Å². The number of H-pyrrole nitrogens is 1. The van der Waals surface area contributed by atoms with Crippen LogP contribution in [0.5, 0.6) is 5.75 Å². The van der Waals surface area contributed by atoms with E-state index >= 15 is 0 Å². The van der Waals surface area contributed by atoms with E-state index < -0.39 is 0 Å². The SMILES string of the molecule is COc1cccc(C#N)c1NCc1nc[nH]c1C. The maximum absolute atomic E-state index is 9.08. The molecular formula is C13H14N4O. The Kier molecular flexibility index (Phi) is 3.49. The molecule has 2 rings (SSSR count). The molecule has 0 bridgehead atoms. The minimum Gasteiger partial charge on any atom is -0.495 e. The molecule has 0 unspecified atom stereocenters. The molecule has 5 nitrogen and oxygen atoms in total. The Bertz CT molecular complexity index is 583. The van der Waals surface area contributed by atoms with Crippen LogP contribution in [-0.4, -0.2) is 17.1 Å². The lowest BCUT2D eigenvalue weighted by Gasteiger charge is -2.11. The van der Waals surface area contributed by atoms with Gasteiger partial charge in [-0.25, -0.2) is 4.98 Å². The van der Waals surface area contributed by atoms with Crippen molar-refractivity contribution < 1.29 is 4.74 Å². The van der Waals surface area contributed by atoms with Gasteiger partial charge >= 0.3 is 0 Å². The van der Waals surface area contributed by atoms with Crippen molar-refractivity contribution in [3.05, 3.63) is 41.5 Å². The Hall–Kier alpha value is -2.48. The van der Waals surface area contributed by atoms with Crippen LogP contribution in [0.2, 0.25) is 0 Å². The fourth-order valence-electron chi connectivity index (χ4n) is 1.71. The molecule has 5 heteroatoms. The van der Waals surface area contributed by atoms with Crippen LogP contribution in [0, 0.1) is 18.3 Å². The molecule has 0 aliphatic rings. The summed E-state index contributed by atoms with van der Waals surface area (Å²) in [6, 6.07) is 7.51. The zero-order valence-corrected chi connectivity index (χ0v) is 10.3. The first-order valence-corrected chi connectivity index (χ1v) is 5.56. The summed E-state index contributed by atoms with van der Waals surface area (Å²) in [5.41, 5.74) is 3.19. The van der Waals surface area contributed by atoms with Gasteiger partial charge in [0, 0.05) is 5.69 Å². The number of nitrogens with one attached hydrogen (secondary N) is 2. The average Bonchev–Trinajstić information content (AvgIpc) is 2.81. The van der Waals surface area contributed by atoms with E-state index in [0.29, 0.717) is 23.5 Å². The molecule has 0 amide bonds. The Morgan fingerprint density at radius 3 is 2.94 bits per heavy atom. The van der Waals surface area contributed by atoms with Gasteiger partial charge in [0.2, 0.25) is 0 Å². The van der Waals surface area contributed by atoms with Gasteiger partial charge < -0.3 is 15.0 Å². The molecule has 0 aliphatic heterocycles. The first kappa shape index (κ1) is 12.0. The summed E-state index contributed by atoms with van der Waals surface area (Å²) in [6.07, 6.45) is 1.65. The predicted molar refractivity (Wildman–Crippen MR) is 68.4 cm³/mol. The Balaban J connectivity index is 2.23. The van der Waals surface area contributed by atoms with E-state index in [0.717, 1.165) is 11.4 Å². The molecule has 0 fully saturated rings. The van der Waals surface area contributed by atoms with E-state index in [-0.39, 0.29) is 0 Å². The summed E-state index contributed by atoms with van der Waals surface area (Å²) in [6.45, 7) is 2.50. The van der Waals surface area contributed by atoms with Crippen molar-refractivity contribution >= 4 is 5.69 Å². The van der Waals surface area contributed by atoms with Crippen molar-refractivity contribution in [2.75, 3.05) is 12.4 Å². The molecular weight excluding hydrogens is 228 g/mol. The molecule has 2 aromatic rings. The van der Waals surface area contributed by atoms with Crippen LogP contribution in [0.4, 0.5) is 5.69 Å². The van der Waals surface area contributed by atoms with Gasteiger partial charge in [-0.05, 0) is 19.1 Å². The number of nitriles is 1. The molecule has 1 aromatic carbocycles. The molecule has 2 N–H and O–H groups in total. The highest BCUT2D eigenvalue weighted by Crippen LogP contribution is 2.28. The third-order valence-electron chi connectivity index (χ3n) is 2.73. The van der Waals surface area contributed by atoms with Crippen LogP contribution < -0.4 is 10.1 Å². The number of methoxy groups -OCH3 is 1. The number of nitrogens with zero attached hydrogens (tertiary/aromatic N) is 2. The molecule has 92 valence electrons. The lowest BCUT2D eigenvalue weighted by molar-refractivity contribution is 0.416. The second-order valence-corrected chi connectivity index (χ2v) is 3.82. The number of para-hydroxylation sites is 1. The first-order valence-electron chi connectivity index (χ1n) is 5.56.